The average molecular weight is 381 g/mol. The van der Waals surface area contributed by atoms with Gasteiger partial charge >= 0.3 is 6.61 Å². The molecule has 1 N–H and O–H groups in total. The number of alkyl halides is 2. The fourth-order valence-electron chi connectivity index (χ4n) is 2.40. The van der Waals surface area contributed by atoms with Crippen LogP contribution in [0.3, 0.4) is 0 Å². The lowest BCUT2D eigenvalue weighted by Crippen LogP contribution is -2.03. The van der Waals surface area contributed by atoms with Crippen LogP contribution in [-0.2, 0) is 5.75 Å². The van der Waals surface area contributed by atoms with Crippen molar-refractivity contribution in [1.29, 1.82) is 0 Å². The smallest absolute Gasteiger partial charge is 0.387 e. The maximum Gasteiger partial charge on any atom is 0.387 e. The second-order valence-corrected chi connectivity index (χ2v) is 6.34. The van der Waals surface area contributed by atoms with Crippen LogP contribution in [-0.4, -0.2) is 35.8 Å². The number of rotatable bonds is 7. The molecule has 0 aliphatic rings. The molecule has 2 aromatic heterocycles. The molecular formula is C17H17F2N3O3S. The van der Waals surface area contributed by atoms with E-state index in [1.54, 1.807) is 19.4 Å². The van der Waals surface area contributed by atoms with Gasteiger partial charge in [-0.15, -0.1) is 0 Å². The van der Waals surface area contributed by atoms with E-state index in [-0.39, 0.29) is 11.5 Å². The van der Waals surface area contributed by atoms with Crippen molar-refractivity contribution in [3.05, 3.63) is 35.7 Å². The lowest BCUT2D eigenvalue weighted by molar-refractivity contribution is -0.0511. The molecule has 3 aromatic rings. The first kappa shape index (κ1) is 18.2. The number of H-pyrrole nitrogens is 1. The Morgan fingerprint density at radius 1 is 1.12 bits per heavy atom. The third kappa shape index (κ3) is 3.98. The van der Waals surface area contributed by atoms with E-state index >= 15 is 0 Å². The first-order valence-electron chi connectivity index (χ1n) is 7.65. The standard InChI is InChI=1S/C17H17F2N3O3S/c1-9-7-20-10(4-13(9)23-2)8-26-17-21-11-5-14(24-3)15(25-16(18)19)6-12(11)22-17/h4-7,16H,8H2,1-3H3,(H,21,22). The highest BCUT2D eigenvalue weighted by Crippen LogP contribution is 2.34. The molecular weight excluding hydrogens is 364 g/mol. The first-order valence-corrected chi connectivity index (χ1v) is 8.63. The Balaban J connectivity index is 1.80. The van der Waals surface area contributed by atoms with Crippen molar-refractivity contribution >= 4 is 22.8 Å². The maximum atomic E-state index is 12.5. The van der Waals surface area contributed by atoms with Crippen LogP contribution >= 0.6 is 11.8 Å². The number of hydrogen-bond donors (Lipinski definition) is 1. The molecule has 0 atom stereocenters. The number of hydrogen-bond acceptors (Lipinski definition) is 6. The summed E-state index contributed by atoms with van der Waals surface area (Å²) in [5.74, 6) is 1.51. The summed E-state index contributed by atoms with van der Waals surface area (Å²) in [5.41, 5.74) is 2.99. The number of nitrogens with one attached hydrogen (secondary N) is 1. The van der Waals surface area contributed by atoms with E-state index in [0.29, 0.717) is 21.9 Å². The van der Waals surface area contributed by atoms with Gasteiger partial charge in [0.1, 0.15) is 5.75 Å². The molecule has 26 heavy (non-hydrogen) atoms. The molecule has 0 fully saturated rings. The van der Waals surface area contributed by atoms with E-state index in [2.05, 4.69) is 19.7 Å². The van der Waals surface area contributed by atoms with E-state index in [1.165, 1.54) is 24.9 Å². The summed E-state index contributed by atoms with van der Waals surface area (Å²) in [6, 6.07) is 4.88. The molecule has 0 saturated carbocycles. The van der Waals surface area contributed by atoms with Gasteiger partial charge in [-0.1, -0.05) is 11.8 Å². The van der Waals surface area contributed by atoms with Crippen LogP contribution < -0.4 is 14.2 Å². The molecule has 9 heteroatoms. The molecule has 0 aliphatic carbocycles. The van der Waals surface area contributed by atoms with Crippen LogP contribution in [0, 0.1) is 6.92 Å². The lowest BCUT2D eigenvalue weighted by Gasteiger charge is -2.09. The van der Waals surface area contributed by atoms with Gasteiger partial charge in [0.15, 0.2) is 16.7 Å². The van der Waals surface area contributed by atoms with Gasteiger partial charge in [0.25, 0.3) is 0 Å². The molecule has 0 saturated heterocycles. The normalized spacial score (nSPS) is 11.2. The number of thioether (sulfide) groups is 1. The number of aryl methyl sites for hydroxylation is 1. The van der Waals surface area contributed by atoms with Crippen LogP contribution in [0.25, 0.3) is 11.0 Å². The summed E-state index contributed by atoms with van der Waals surface area (Å²) < 4.78 is 39.9. The minimum atomic E-state index is -2.93. The molecule has 6 nitrogen and oxygen atoms in total. The van der Waals surface area contributed by atoms with Crippen molar-refractivity contribution in [2.24, 2.45) is 0 Å². The molecule has 0 unspecified atom stereocenters. The van der Waals surface area contributed by atoms with Crippen molar-refractivity contribution in [3.63, 3.8) is 0 Å². The Bertz CT molecular complexity index is 918. The summed E-state index contributed by atoms with van der Waals surface area (Å²) in [6.45, 7) is -1.00. The molecule has 1 aromatic carbocycles. The number of ether oxygens (including phenoxy) is 3. The Labute approximate surface area is 152 Å². The van der Waals surface area contributed by atoms with Gasteiger partial charge in [0.2, 0.25) is 0 Å². The predicted molar refractivity (Wildman–Crippen MR) is 94.4 cm³/mol. The zero-order valence-corrected chi connectivity index (χ0v) is 15.2. The largest absolute Gasteiger partial charge is 0.496 e. The quantitative estimate of drug-likeness (QED) is 0.619. The van der Waals surface area contributed by atoms with Crippen molar-refractivity contribution in [1.82, 2.24) is 15.0 Å². The highest BCUT2D eigenvalue weighted by Gasteiger charge is 2.14. The van der Waals surface area contributed by atoms with E-state index in [4.69, 9.17) is 9.47 Å². The molecule has 0 amide bonds. The van der Waals surface area contributed by atoms with E-state index < -0.39 is 6.61 Å². The zero-order chi connectivity index (χ0) is 18.7. The van der Waals surface area contributed by atoms with Crippen molar-refractivity contribution in [3.8, 4) is 17.2 Å². The van der Waals surface area contributed by atoms with Gasteiger partial charge < -0.3 is 19.2 Å². The number of halogens is 2. The maximum absolute atomic E-state index is 12.5. The molecule has 0 aliphatic heterocycles. The average Bonchev–Trinajstić information content (AvgIpc) is 3.01. The molecule has 0 spiro atoms. The number of methoxy groups -OCH3 is 2. The Kier molecular flexibility index (Phi) is 5.46. The highest BCUT2D eigenvalue weighted by molar-refractivity contribution is 7.98. The van der Waals surface area contributed by atoms with Crippen LogP contribution in [0.5, 0.6) is 17.2 Å². The Morgan fingerprint density at radius 2 is 1.88 bits per heavy atom. The second kappa shape index (κ2) is 7.77. The highest BCUT2D eigenvalue weighted by atomic mass is 32.2. The van der Waals surface area contributed by atoms with Crippen molar-refractivity contribution in [2.45, 2.75) is 24.4 Å². The van der Waals surface area contributed by atoms with Crippen LogP contribution in [0.2, 0.25) is 0 Å². The summed E-state index contributed by atoms with van der Waals surface area (Å²) >= 11 is 1.44. The summed E-state index contributed by atoms with van der Waals surface area (Å²) in [4.78, 5) is 11.9. The molecule has 0 bridgehead atoms. The predicted octanol–water partition coefficient (Wildman–Crippen LogP) is 4.18. The molecule has 138 valence electrons. The van der Waals surface area contributed by atoms with Crippen molar-refractivity contribution < 1.29 is 23.0 Å². The number of aromatic amines is 1. The Morgan fingerprint density at radius 3 is 2.58 bits per heavy atom. The monoisotopic (exact) mass is 381 g/mol. The SMILES string of the molecule is COc1cc(CSc2nc3cc(OC)c(OC(F)F)cc3[nH]2)ncc1C. The van der Waals surface area contributed by atoms with Gasteiger partial charge in [0, 0.05) is 35.7 Å². The first-order chi connectivity index (χ1) is 12.5. The summed E-state index contributed by atoms with van der Waals surface area (Å²) in [5, 5.41) is 0.637. The van der Waals surface area contributed by atoms with Crippen LogP contribution in [0.4, 0.5) is 8.78 Å². The van der Waals surface area contributed by atoms with Gasteiger partial charge in [-0.2, -0.15) is 8.78 Å². The van der Waals surface area contributed by atoms with E-state index in [1.807, 2.05) is 13.0 Å². The number of pyridine rings is 1. The number of imidazole rings is 1. The molecule has 2 heterocycles. The topological polar surface area (TPSA) is 69.3 Å². The van der Waals surface area contributed by atoms with E-state index in [0.717, 1.165) is 17.0 Å². The zero-order valence-electron chi connectivity index (χ0n) is 14.4. The summed E-state index contributed by atoms with van der Waals surface area (Å²) in [6.07, 6.45) is 1.76. The third-order valence-electron chi connectivity index (χ3n) is 3.65. The van der Waals surface area contributed by atoms with Gasteiger partial charge in [-0.3, -0.25) is 4.98 Å². The number of benzene rings is 1. The minimum absolute atomic E-state index is 0.0415. The number of fused-ring (bicyclic) bond motifs is 1. The van der Waals surface area contributed by atoms with Crippen LogP contribution in [0.1, 0.15) is 11.3 Å². The number of aromatic nitrogens is 3. The fraction of sp³-hybridized carbons (Fsp3) is 0.294. The van der Waals surface area contributed by atoms with E-state index in [9.17, 15) is 8.78 Å². The minimum Gasteiger partial charge on any atom is -0.496 e. The van der Waals surface area contributed by atoms with Gasteiger partial charge in [-0.05, 0) is 6.92 Å². The van der Waals surface area contributed by atoms with Crippen molar-refractivity contribution in [2.75, 3.05) is 14.2 Å². The van der Waals surface area contributed by atoms with Gasteiger partial charge in [0.05, 0.1) is 30.9 Å². The van der Waals surface area contributed by atoms with Crippen LogP contribution in [0.15, 0.2) is 29.6 Å². The third-order valence-corrected chi connectivity index (χ3v) is 4.56. The van der Waals surface area contributed by atoms with Gasteiger partial charge in [-0.25, -0.2) is 4.98 Å². The fourth-order valence-corrected chi connectivity index (χ4v) is 3.18. The number of nitrogens with zero attached hydrogens (tertiary/aromatic N) is 2. The Hall–Kier alpha value is -2.55. The second-order valence-electron chi connectivity index (χ2n) is 5.37. The molecule has 3 rings (SSSR count). The summed E-state index contributed by atoms with van der Waals surface area (Å²) in [7, 11) is 3.00. The lowest BCUT2D eigenvalue weighted by atomic mass is 10.2. The molecule has 0 radical (unpaired) electrons.